The van der Waals surface area contributed by atoms with E-state index in [1.165, 1.54) is 4.88 Å². The van der Waals surface area contributed by atoms with E-state index in [1.807, 2.05) is 17.5 Å². The lowest BCUT2D eigenvalue weighted by Gasteiger charge is -2.34. The van der Waals surface area contributed by atoms with E-state index in [1.54, 1.807) is 0 Å². The molecule has 6 heteroatoms. The van der Waals surface area contributed by atoms with Crippen molar-refractivity contribution < 1.29 is 9.47 Å². The normalized spacial score (nSPS) is 28.8. The molecule has 2 fully saturated rings. The Morgan fingerprint density at radius 2 is 1.95 bits per heavy atom. The summed E-state index contributed by atoms with van der Waals surface area (Å²) in [6.45, 7) is 10.8. The lowest BCUT2D eigenvalue weighted by molar-refractivity contribution is -0.0702. The Labute approximate surface area is 124 Å². The van der Waals surface area contributed by atoms with Crippen molar-refractivity contribution in [3.8, 4) is 0 Å². The summed E-state index contributed by atoms with van der Waals surface area (Å²) >= 11 is 1.81. The third-order valence-electron chi connectivity index (χ3n) is 3.70. The van der Waals surface area contributed by atoms with Crippen molar-refractivity contribution in [2.75, 3.05) is 44.3 Å². The average Bonchev–Trinajstić information content (AvgIpc) is 2.87. The molecule has 112 valence electrons. The summed E-state index contributed by atoms with van der Waals surface area (Å²) in [7, 11) is 0. The highest BCUT2D eigenvalue weighted by atomic mass is 32.1. The van der Waals surface area contributed by atoms with E-state index >= 15 is 0 Å². The number of morpholine rings is 2. The third-order valence-corrected chi connectivity index (χ3v) is 4.74. The molecule has 2 aliphatic heterocycles. The Morgan fingerprint density at radius 1 is 1.25 bits per heavy atom. The molecule has 0 radical (unpaired) electrons. The lowest BCUT2D eigenvalue weighted by atomic mass is 10.2. The number of anilines is 1. The molecule has 2 atom stereocenters. The van der Waals surface area contributed by atoms with Crippen LogP contribution >= 0.6 is 11.3 Å². The molecule has 2 aliphatic rings. The lowest BCUT2D eigenvalue weighted by Crippen LogP contribution is -2.44. The molecule has 3 rings (SSSR count). The Bertz CT molecular complexity index is 424. The van der Waals surface area contributed by atoms with Crippen LogP contribution in [0.3, 0.4) is 0 Å². The van der Waals surface area contributed by atoms with E-state index in [-0.39, 0.29) is 0 Å². The molecule has 0 aromatic carbocycles. The van der Waals surface area contributed by atoms with Crippen LogP contribution in [0.2, 0.25) is 0 Å². The van der Waals surface area contributed by atoms with E-state index in [0.717, 1.165) is 51.1 Å². The number of ether oxygens (including phenoxy) is 2. The fourth-order valence-electron chi connectivity index (χ4n) is 2.90. The van der Waals surface area contributed by atoms with Gasteiger partial charge in [0.15, 0.2) is 5.13 Å². The second-order valence-corrected chi connectivity index (χ2v) is 6.75. The summed E-state index contributed by atoms with van der Waals surface area (Å²) in [4.78, 5) is 10.7. The molecule has 2 saturated heterocycles. The molecule has 1 aromatic heterocycles. The van der Waals surface area contributed by atoms with Gasteiger partial charge in [-0.1, -0.05) is 0 Å². The first kappa shape index (κ1) is 14.3. The Balaban J connectivity index is 1.59. The average molecular weight is 297 g/mol. The molecule has 3 heterocycles. The zero-order valence-corrected chi connectivity index (χ0v) is 13.1. The number of nitrogens with zero attached hydrogens (tertiary/aromatic N) is 3. The van der Waals surface area contributed by atoms with Crippen molar-refractivity contribution in [3.63, 3.8) is 0 Å². The standard InChI is InChI=1S/C14H23N3O2S/c1-11-8-16(9-12(2)19-11)10-13-7-15-14(20-13)17-3-5-18-6-4-17/h7,11-12H,3-6,8-10H2,1-2H3/t11-,12+. The van der Waals surface area contributed by atoms with Crippen molar-refractivity contribution in [2.45, 2.75) is 32.6 Å². The van der Waals surface area contributed by atoms with Crippen LogP contribution < -0.4 is 4.90 Å². The highest BCUT2D eigenvalue weighted by molar-refractivity contribution is 7.15. The van der Waals surface area contributed by atoms with Gasteiger partial charge in [0, 0.05) is 43.8 Å². The number of hydrogen-bond acceptors (Lipinski definition) is 6. The fourth-order valence-corrected chi connectivity index (χ4v) is 3.91. The minimum atomic E-state index is 0.324. The van der Waals surface area contributed by atoms with Crippen LogP contribution in [-0.4, -0.2) is 61.5 Å². The maximum atomic E-state index is 5.78. The first-order valence-corrected chi connectivity index (χ1v) is 8.17. The topological polar surface area (TPSA) is 37.8 Å². The van der Waals surface area contributed by atoms with Crippen LogP contribution in [0, 0.1) is 0 Å². The molecular formula is C14H23N3O2S. The number of rotatable bonds is 3. The zero-order valence-electron chi connectivity index (χ0n) is 12.2. The number of hydrogen-bond donors (Lipinski definition) is 0. The van der Waals surface area contributed by atoms with Gasteiger partial charge in [0.1, 0.15) is 0 Å². The molecule has 0 bridgehead atoms. The van der Waals surface area contributed by atoms with Crippen molar-refractivity contribution in [2.24, 2.45) is 0 Å². The van der Waals surface area contributed by atoms with Gasteiger partial charge in [0.05, 0.1) is 25.4 Å². The minimum absolute atomic E-state index is 0.324. The van der Waals surface area contributed by atoms with Gasteiger partial charge in [-0.15, -0.1) is 11.3 Å². The van der Waals surface area contributed by atoms with Crippen LogP contribution in [0.4, 0.5) is 5.13 Å². The Morgan fingerprint density at radius 3 is 2.65 bits per heavy atom. The molecule has 1 aromatic rings. The van der Waals surface area contributed by atoms with Gasteiger partial charge in [-0.3, -0.25) is 4.90 Å². The van der Waals surface area contributed by atoms with Gasteiger partial charge in [0.25, 0.3) is 0 Å². The molecule has 20 heavy (non-hydrogen) atoms. The van der Waals surface area contributed by atoms with Crippen molar-refractivity contribution in [1.29, 1.82) is 0 Å². The van der Waals surface area contributed by atoms with Crippen molar-refractivity contribution in [1.82, 2.24) is 9.88 Å². The van der Waals surface area contributed by atoms with Gasteiger partial charge in [-0.05, 0) is 13.8 Å². The molecule has 0 amide bonds. The fraction of sp³-hybridized carbons (Fsp3) is 0.786. The monoisotopic (exact) mass is 297 g/mol. The maximum absolute atomic E-state index is 5.78. The van der Waals surface area contributed by atoms with E-state index in [9.17, 15) is 0 Å². The van der Waals surface area contributed by atoms with Gasteiger partial charge in [-0.25, -0.2) is 4.98 Å². The second kappa shape index (κ2) is 6.39. The van der Waals surface area contributed by atoms with Gasteiger partial charge < -0.3 is 14.4 Å². The molecule has 5 nitrogen and oxygen atoms in total. The summed E-state index contributed by atoms with van der Waals surface area (Å²) < 4.78 is 11.2. The van der Waals surface area contributed by atoms with E-state index < -0.39 is 0 Å². The minimum Gasteiger partial charge on any atom is -0.378 e. The Hall–Kier alpha value is -0.690. The molecular weight excluding hydrogens is 274 g/mol. The van der Waals surface area contributed by atoms with Gasteiger partial charge in [-0.2, -0.15) is 0 Å². The van der Waals surface area contributed by atoms with Gasteiger partial charge >= 0.3 is 0 Å². The second-order valence-electron chi connectivity index (χ2n) is 5.66. The summed E-state index contributed by atoms with van der Waals surface area (Å²) in [5, 5.41) is 1.14. The van der Waals surface area contributed by atoms with Crippen molar-refractivity contribution in [3.05, 3.63) is 11.1 Å². The molecule has 0 saturated carbocycles. The highest BCUT2D eigenvalue weighted by Crippen LogP contribution is 2.25. The summed E-state index contributed by atoms with van der Waals surface area (Å²) in [5.41, 5.74) is 0. The molecule has 0 aliphatic carbocycles. The highest BCUT2D eigenvalue weighted by Gasteiger charge is 2.23. The molecule has 0 N–H and O–H groups in total. The van der Waals surface area contributed by atoms with Crippen LogP contribution in [0.1, 0.15) is 18.7 Å². The largest absolute Gasteiger partial charge is 0.378 e. The van der Waals surface area contributed by atoms with Crippen LogP contribution in [0.5, 0.6) is 0 Å². The number of thiazole rings is 1. The third kappa shape index (κ3) is 3.49. The molecule has 0 unspecified atom stereocenters. The van der Waals surface area contributed by atoms with E-state index in [4.69, 9.17) is 9.47 Å². The summed E-state index contributed by atoms with van der Waals surface area (Å²) in [5.74, 6) is 0. The van der Waals surface area contributed by atoms with Gasteiger partial charge in [0.2, 0.25) is 0 Å². The zero-order chi connectivity index (χ0) is 13.9. The summed E-state index contributed by atoms with van der Waals surface area (Å²) in [6, 6.07) is 0. The predicted octanol–water partition coefficient (Wildman–Crippen LogP) is 1.59. The Kier molecular flexibility index (Phi) is 4.55. The van der Waals surface area contributed by atoms with Crippen LogP contribution in [0.25, 0.3) is 0 Å². The number of aromatic nitrogens is 1. The smallest absolute Gasteiger partial charge is 0.185 e. The van der Waals surface area contributed by atoms with Crippen molar-refractivity contribution >= 4 is 16.5 Å². The van der Waals surface area contributed by atoms with Crippen LogP contribution in [0.15, 0.2) is 6.20 Å². The predicted molar refractivity (Wildman–Crippen MR) is 80.4 cm³/mol. The maximum Gasteiger partial charge on any atom is 0.185 e. The SMILES string of the molecule is C[C@@H]1CN(Cc2cnc(N3CCOCC3)s2)C[C@H](C)O1. The quantitative estimate of drug-likeness (QED) is 0.847. The molecule has 0 spiro atoms. The summed E-state index contributed by atoms with van der Waals surface area (Å²) in [6.07, 6.45) is 2.68. The van der Waals surface area contributed by atoms with Crippen LogP contribution in [-0.2, 0) is 16.0 Å². The first-order valence-electron chi connectivity index (χ1n) is 7.36. The first-order chi connectivity index (χ1) is 9.70. The van der Waals surface area contributed by atoms with E-state index in [0.29, 0.717) is 12.2 Å². The van der Waals surface area contributed by atoms with E-state index in [2.05, 4.69) is 28.6 Å².